The van der Waals surface area contributed by atoms with Crippen LogP contribution >= 0.6 is 0 Å². The fourth-order valence-corrected chi connectivity index (χ4v) is 3.32. The Morgan fingerprint density at radius 1 is 0.783 bits per heavy atom. The molecule has 23 heavy (non-hydrogen) atoms. The average Bonchev–Trinajstić information content (AvgIpc) is 2.54. The van der Waals surface area contributed by atoms with Gasteiger partial charge in [0.15, 0.2) is 0 Å². The van der Waals surface area contributed by atoms with E-state index < -0.39 is 5.41 Å². The second-order valence-corrected chi connectivity index (χ2v) is 7.40. The van der Waals surface area contributed by atoms with Crippen LogP contribution in [0.4, 0.5) is 0 Å². The number of likely N-dealkylation sites (tertiary alicyclic amines) is 1. The van der Waals surface area contributed by atoms with Gasteiger partial charge in [0, 0.05) is 46.2 Å². The monoisotopic (exact) mass is 323 g/mol. The van der Waals surface area contributed by atoms with Gasteiger partial charge in [0.1, 0.15) is 5.41 Å². The summed E-state index contributed by atoms with van der Waals surface area (Å²) in [4.78, 5) is 42.3. The maximum absolute atomic E-state index is 12.8. The summed E-state index contributed by atoms with van der Waals surface area (Å²) in [5.74, 6) is 0.500. The molecule has 2 aliphatic heterocycles. The topological polar surface area (TPSA) is 60.9 Å². The van der Waals surface area contributed by atoms with Crippen LogP contribution in [0, 0.1) is 11.3 Å². The largest absolute Gasteiger partial charge is 0.342 e. The van der Waals surface area contributed by atoms with Crippen LogP contribution in [0.1, 0.15) is 40.5 Å². The summed E-state index contributed by atoms with van der Waals surface area (Å²) in [6, 6.07) is 0. The second-order valence-electron chi connectivity index (χ2n) is 7.40. The Balaban J connectivity index is 1.97. The zero-order valence-corrected chi connectivity index (χ0v) is 14.8. The normalized spacial score (nSPS) is 20.6. The number of piperidine rings is 1. The van der Waals surface area contributed by atoms with Gasteiger partial charge in [-0.15, -0.1) is 0 Å². The maximum atomic E-state index is 12.8. The van der Waals surface area contributed by atoms with E-state index in [2.05, 4.69) is 6.92 Å². The van der Waals surface area contributed by atoms with E-state index in [0.717, 1.165) is 25.9 Å². The molecule has 0 N–H and O–H groups in total. The number of rotatable bonds is 2. The highest BCUT2D eigenvalue weighted by Gasteiger charge is 2.42. The Hall–Kier alpha value is -1.59. The number of amides is 3. The molecule has 0 spiro atoms. The highest BCUT2D eigenvalue weighted by atomic mass is 16.2. The van der Waals surface area contributed by atoms with Crippen LogP contribution in [0.15, 0.2) is 0 Å². The van der Waals surface area contributed by atoms with Gasteiger partial charge in [-0.2, -0.15) is 0 Å². The molecule has 6 nitrogen and oxygen atoms in total. The van der Waals surface area contributed by atoms with E-state index >= 15 is 0 Å². The van der Waals surface area contributed by atoms with Crippen molar-refractivity contribution in [3.8, 4) is 0 Å². The molecule has 0 aromatic rings. The van der Waals surface area contributed by atoms with Gasteiger partial charge in [0.2, 0.25) is 17.7 Å². The number of carbonyl (C=O) groups excluding carboxylic acids is 3. The van der Waals surface area contributed by atoms with Crippen molar-refractivity contribution in [1.29, 1.82) is 0 Å². The van der Waals surface area contributed by atoms with E-state index in [1.165, 1.54) is 0 Å². The third kappa shape index (κ3) is 3.85. The van der Waals surface area contributed by atoms with Crippen molar-refractivity contribution in [2.45, 2.75) is 40.5 Å². The van der Waals surface area contributed by atoms with Crippen LogP contribution in [0.2, 0.25) is 0 Å². The van der Waals surface area contributed by atoms with Crippen LogP contribution in [-0.2, 0) is 14.4 Å². The zero-order chi connectivity index (χ0) is 17.2. The fraction of sp³-hybridized carbons (Fsp3) is 0.824. The highest BCUT2D eigenvalue weighted by Crippen LogP contribution is 2.26. The number of hydrogen-bond donors (Lipinski definition) is 0. The minimum atomic E-state index is -1.03. The molecule has 0 aliphatic carbocycles. The SMILES string of the molecule is CC(=O)N1CCN(C(=O)C(C)(C)C(=O)N2CCC(C)CC2)CC1. The van der Waals surface area contributed by atoms with Crippen molar-refractivity contribution in [2.24, 2.45) is 11.3 Å². The first kappa shape index (κ1) is 17.8. The first-order chi connectivity index (χ1) is 10.7. The lowest BCUT2D eigenvalue weighted by molar-refractivity contribution is -0.157. The van der Waals surface area contributed by atoms with Crippen molar-refractivity contribution in [2.75, 3.05) is 39.3 Å². The average molecular weight is 323 g/mol. The van der Waals surface area contributed by atoms with Gasteiger partial charge in [-0.25, -0.2) is 0 Å². The minimum absolute atomic E-state index is 0.0369. The summed E-state index contributed by atoms with van der Waals surface area (Å²) in [5, 5.41) is 0. The van der Waals surface area contributed by atoms with Gasteiger partial charge in [0.05, 0.1) is 0 Å². The summed E-state index contributed by atoms with van der Waals surface area (Å²) >= 11 is 0. The third-order valence-corrected chi connectivity index (χ3v) is 5.15. The summed E-state index contributed by atoms with van der Waals surface area (Å²) < 4.78 is 0. The molecule has 0 radical (unpaired) electrons. The lowest BCUT2D eigenvalue weighted by atomic mass is 9.87. The molecule has 2 saturated heterocycles. The van der Waals surface area contributed by atoms with Crippen molar-refractivity contribution in [3.05, 3.63) is 0 Å². The van der Waals surface area contributed by atoms with Gasteiger partial charge in [0.25, 0.3) is 0 Å². The van der Waals surface area contributed by atoms with E-state index in [4.69, 9.17) is 0 Å². The predicted octanol–water partition coefficient (Wildman–Crippen LogP) is 0.962. The van der Waals surface area contributed by atoms with E-state index in [1.54, 1.807) is 30.6 Å². The van der Waals surface area contributed by atoms with Crippen LogP contribution in [-0.4, -0.2) is 71.7 Å². The van der Waals surface area contributed by atoms with Crippen molar-refractivity contribution >= 4 is 17.7 Å². The molecule has 2 fully saturated rings. The number of hydrogen-bond acceptors (Lipinski definition) is 3. The first-order valence-corrected chi connectivity index (χ1v) is 8.57. The van der Waals surface area contributed by atoms with Crippen LogP contribution in [0.25, 0.3) is 0 Å². The molecule has 2 heterocycles. The van der Waals surface area contributed by atoms with Gasteiger partial charge < -0.3 is 14.7 Å². The molecule has 0 bridgehead atoms. The molecule has 130 valence electrons. The quantitative estimate of drug-likeness (QED) is 0.711. The van der Waals surface area contributed by atoms with E-state index in [0.29, 0.717) is 32.1 Å². The van der Waals surface area contributed by atoms with Crippen molar-refractivity contribution in [1.82, 2.24) is 14.7 Å². The zero-order valence-electron chi connectivity index (χ0n) is 14.8. The molecule has 0 aromatic heterocycles. The van der Waals surface area contributed by atoms with Crippen molar-refractivity contribution in [3.63, 3.8) is 0 Å². The number of carbonyl (C=O) groups is 3. The van der Waals surface area contributed by atoms with Gasteiger partial charge >= 0.3 is 0 Å². The highest BCUT2D eigenvalue weighted by molar-refractivity contribution is 6.04. The summed E-state index contributed by atoms with van der Waals surface area (Å²) in [5.41, 5.74) is -1.03. The molecule has 0 unspecified atom stereocenters. The van der Waals surface area contributed by atoms with E-state index in [1.807, 2.05) is 4.90 Å². The van der Waals surface area contributed by atoms with Crippen LogP contribution in [0.3, 0.4) is 0 Å². The fourth-order valence-electron chi connectivity index (χ4n) is 3.32. The molecular formula is C17H29N3O3. The first-order valence-electron chi connectivity index (χ1n) is 8.57. The predicted molar refractivity (Wildman–Crippen MR) is 87.6 cm³/mol. The van der Waals surface area contributed by atoms with Gasteiger partial charge in [-0.3, -0.25) is 14.4 Å². The molecule has 0 aromatic carbocycles. The third-order valence-electron chi connectivity index (χ3n) is 5.15. The lowest BCUT2D eigenvalue weighted by Crippen LogP contribution is -2.57. The van der Waals surface area contributed by atoms with E-state index in [-0.39, 0.29) is 17.7 Å². The molecule has 6 heteroatoms. The number of nitrogens with zero attached hydrogens (tertiary/aromatic N) is 3. The molecule has 2 aliphatic rings. The minimum Gasteiger partial charge on any atom is -0.342 e. The van der Waals surface area contributed by atoms with Gasteiger partial charge in [-0.05, 0) is 32.6 Å². The summed E-state index contributed by atoms with van der Waals surface area (Å²) in [6.45, 7) is 10.8. The van der Waals surface area contributed by atoms with Crippen LogP contribution < -0.4 is 0 Å². The van der Waals surface area contributed by atoms with E-state index in [9.17, 15) is 14.4 Å². The molecule has 0 atom stereocenters. The summed E-state index contributed by atoms with van der Waals surface area (Å²) in [7, 11) is 0. The Morgan fingerprint density at radius 3 is 1.61 bits per heavy atom. The molecule has 3 amide bonds. The lowest BCUT2D eigenvalue weighted by Gasteiger charge is -2.40. The molecular weight excluding hydrogens is 294 g/mol. The Bertz CT molecular complexity index is 473. The smallest absolute Gasteiger partial charge is 0.237 e. The Labute approximate surface area is 138 Å². The number of piperazine rings is 1. The Kier molecular flexibility index (Phi) is 5.32. The van der Waals surface area contributed by atoms with Crippen LogP contribution in [0.5, 0.6) is 0 Å². The maximum Gasteiger partial charge on any atom is 0.237 e. The summed E-state index contributed by atoms with van der Waals surface area (Å²) in [6.07, 6.45) is 2.01. The standard InChI is InChI=1S/C17H29N3O3/c1-13-5-7-19(8-6-13)15(22)17(3,4)16(23)20-11-9-18(10-12-20)14(2)21/h13H,5-12H2,1-4H3. The molecule has 0 saturated carbocycles. The second kappa shape index (κ2) is 6.89. The van der Waals surface area contributed by atoms with Gasteiger partial charge in [-0.1, -0.05) is 6.92 Å². The molecule has 2 rings (SSSR count). The Morgan fingerprint density at radius 2 is 1.17 bits per heavy atom. The van der Waals surface area contributed by atoms with Crippen molar-refractivity contribution < 1.29 is 14.4 Å².